The topological polar surface area (TPSA) is 58.6 Å². The Kier molecular flexibility index (Phi) is 5.07. The van der Waals surface area contributed by atoms with E-state index in [9.17, 15) is 22.8 Å². The maximum absolute atomic E-state index is 12.9. The molecular formula is C19H17F3N2O3. The van der Waals surface area contributed by atoms with Gasteiger partial charge in [-0.1, -0.05) is 12.1 Å². The van der Waals surface area contributed by atoms with E-state index >= 15 is 0 Å². The second kappa shape index (κ2) is 7.30. The van der Waals surface area contributed by atoms with E-state index in [-0.39, 0.29) is 30.2 Å². The van der Waals surface area contributed by atoms with Crippen LogP contribution in [0.5, 0.6) is 5.75 Å². The zero-order chi connectivity index (χ0) is 19.6. The molecule has 2 aromatic rings. The van der Waals surface area contributed by atoms with Crippen LogP contribution in [0.3, 0.4) is 0 Å². The van der Waals surface area contributed by atoms with Gasteiger partial charge in [0.25, 0.3) is 0 Å². The third-order valence-corrected chi connectivity index (χ3v) is 4.28. The highest BCUT2D eigenvalue weighted by Crippen LogP contribution is 2.37. The van der Waals surface area contributed by atoms with Crippen molar-refractivity contribution in [3.8, 4) is 5.75 Å². The van der Waals surface area contributed by atoms with Gasteiger partial charge in [-0.15, -0.1) is 0 Å². The summed E-state index contributed by atoms with van der Waals surface area (Å²) in [6.45, 7) is -0.222. The summed E-state index contributed by atoms with van der Waals surface area (Å²) in [5.74, 6) is -0.159. The molecule has 0 fully saturated rings. The zero-order valence-corrected chi connectivity index (χ0v) is 14.5. The lowest BCUT2D eigenvalue weighted by Gasteiger charge is -2.30. The fraction of sp³-hybridized carbons (Fsp3) is 0.263. The van der Waals surface area contributed by atoms with Crippen molar-refractivity contribution < 1.29 is 27.5 Å². The van der Waals surface area contributed by atoms with E-state index in [4.69, 9.17) is 4.74 Å². The van der Waals surface area contributed by atoms with Gasteiger partial charge >= 0.3 is 6.18 Å². The smallest absolute Gasteiger partial charge is 0.416 e. The highest BCUT2D eigenvalue weighted by Gasteiger charge is 2.33. The van der Waals surface area contributed by atoms with Crippen LogP contribution in [0.1, 0.15) is 17.5 Å². The van der Waals surface area contributed by atoms with E-state index in [0.29, 0.717) is 12.2 Å². The minimum absolute atomic E-state index is 0.0149. The largest absolute Gasteiger partial charge is 0.497 e. The van der Waals surface area contributed by atoms with Gasteiger partial charge in [0, 0.05) is 6.42 Å². The summed E-state index contributed by atoms with van der Waals surface area (Å²) in [6, 6.07) is 10.2. The highest BCUT2D eigenvalue weighted by atomic mass is 19.4. The SMILES string of the molecule is COc1ccc(CCC(=O)N2CC(=O)Nc3cc(C(F)(F)F)ccc32)cc1. The van der Waals surface area contributed by atoms with Crippen molar-refractivity contribution >= 4 is 23.2 Å². The standard InChI is InChI=1S/C19H17F3N2O3/c1-27-14-6-2-12(3-7-14)4-9-18(26)24-11-17(25)23-15-10-13(19(20,21)22)5-8-16(15)24/h2-3,5-8,10H,4,9,11H2,1H3,(H,23,25). The summed E-state index contributed by atoms with van der Waals surface area (Å²) in [4.78, 5) is 25.7. The molecule has 2 amide bonds. The van der Waals surface area contributed by atoms with Crippen LogP contribution in [0, 0.1) is 0 Å². The van der Waals surface area contributed by atoms with E-state index < -0.39 is 17.6 Å². The molecule has 3 rings (SSSR count). The summed E-state index contributed by atoms with van der Waals surface area (Å²) in [7, 11) is 1.56. The number of hydrogen-bond acceptors (Lipinski definition) is 3. The van der Waals surface area contributed by atoms with Crippen LogP contribution in [0.2, 0.25) is 0 Å². The summed E-state index contributed by atoms with van der Waals surface area (Å²) in [6.07, 6.45) is -3.96. The second-order valence-electron chi connectivity index (χ2n) is 6.11. The van der Waals surface area contributed by atoms with Gasteiger partial charge in [0.15, 0.2) is 0 Å². The molecule has 1 aliphatic heterocycles. The van der Waals surface area contributed by atoms with Crippen molar-refractivity contribution in [3.63, 3.8) is 0 Å². The molecule has 1 aliphatic rings. The van der Waals surface area contributed by atoms with Crippen molar-refractivity contribution in [3.05, 3.63) is 53.6 Å². The lowest BCUT2D eigenvalue weighted by atomic mass is 10.1. The molecule has 0 aromatic heterocycles. The maximum Gasteiger partial charge on any atom is 0.416 e. The van der Waals surface area contributed by atoms with Crippen LogP contribution in [0.15, 0.2) is 42.5 Å². The first-order valence-electron chi connectivity index (χ1n) is 8.22. The number of carbonyl (C=O) groups excluding carboxylic acids is 2. The first kappa shape index (κ1) is 18.8. The van der Waals surface area contributed by atoms with Gasteiger partial charge in [-0.3, -0.25) is 9.59 Å². The molecule has 0 unspecified atom stereocenters. The average molecular weight is 378 g/mol. The molecule has 1 heterocycles. The molecule has 0 saturated heterocycles. The van der Waals surface area contributed by atoms with Crippen LogP contribution >= 0.6 is 0 Å². The second-order valence-corrected chi connectivity index (χ2v) is 6.11. The number of halogens is 3. The Bertz CT molecular complexity index is 863. The summed E-state index contributed by atoms with van der Waals surface area (Å²) in [5, 5.41) is 2.40. The van der Waals surface area contributed by atoms with Crippen LogP contribution < -0.4 is 15.0 Å². The number of rotatable bonds is 4. The number of nitrogens with zero attached hydrogens (tertiary/aromatic N) is 1. The molecule has 0 saturated carbocycles. The highest BCUT2D eigenvalue weighted by molar-refractivity contribution is 6.10. The lowest BCUT2D eigenvalue weighted by molar-refractivity contribution is -0.137. The number of nitrogens with one attached hydrogen (secondary N) is 1. The zero-order valence-electron chi connectivity index (χ0n) is 14.5. The Morgan fingerprint density at radius 1 is 1.19 bits per heavy atom. The number of methoxy groups -OCH3 is 1. The molecule has 27 heavy (non-hydrogen) atoms. The molecule has 0 radical (unpaired) electrons. The fourth-order valence-corrected chi connectivity index (χ4v) is 2.87. The molecular weight excluding hydrogens is 361 g/mol. The first-order valence-corrected chi connectivity index (χ1v) is 8.22. The van der Waals surface area contributed by atoms with Gasteiger partial charge in [0.05, 0.1) is 24.0 Å². The van der Waals surface area contributed by atoms with Crippen LogP contribution in [0.25, 0.3) is 0 Å². The molecule has 5 nitrogen and oxygen atoms in total. The van der Waals surface area contributed by atoms with Crippen molar-refractivity contribution in [2.75, 3.05) is 23.9 Å². The van der Waals surface area contributed by atoms with Crippen molar-refractivity contribution in [1.29, 1.82) is 0 Å². The Balaban J connectivity index is 1.76. The Labute approximate surface area is 153 Å². The Hall–Kier alpha value is -3.03. The van der Waals surface area contributed by atoms with Crippen molar-refractivity contribution in [2.45, 2.75) is 19.0 Å². The fourth-order valence-electron chi connectivity index (χ4n) is 2.87. The summed E-state index contributed by atoms with van der Waals surface area (Å²) >= 11 is 0. The number of anilines is 2. The number of fused-ring (bicyclic) bond motifs is 1. The molecule has 1 N–H and O–H groups in total. The first-order chi connectivity index (χ1) is 12.8. The normalized spacial score (nSPS) is 13.8. The third kappa shape index (κ3) is 4.21. The molecule has 8 heteroatoms. The number of amides is 2. The van der Waals surface area contributed by atoms with Crippen molar-refractivity contribution in [2.24, 2.45) is 0 Å². The quantitative estimate of drug-likeness (QED) is 0.884. The minimum Gasteiger partial charge on any atom is -0.497 e. The molecule has 0 spiro atoms. The van der Waals surface area contributed by atoms with Crippen LogP contribution in [-0.4, -0.2) is 25.5 Å². The van der Waals surface area contributed by atoms with Gasteiger partial charge in [0.2, 0.25) is 11.8 Å². The molecule has 0 aliphatic carbocycles. The van der Waals surface area contributed by atoms with E-state index in [1.807, 2.05) is 12.1 Å². The van der Waals surface area contributed by atoms with Crippen LogP contribution in [-0.2, 0) is 22.2 Å². The van der Waals surface area contributed by atoms with E-state index in [1.165, 1.54) is 11.0 Å². The predicted octanol–water partition coefficient (Wildman–Crippen LogP) is 3.63. The Morgan fingerprint density at radius 2 is 1.89 bits per heavy atom. The van der Waals surface area contributed by atoms with E-state index in [2.05, 4.69) is 5.32 Å². The number of ether oxygens (including phenoxy) is 1. The monoisotopic (exact) mass is 378 g/mol. The minimum atomic E-state index is -4.53. The third-order valence-electron chi connectivity index (χ3n) is 4.28. The van der Waals surface area contributed by atoms with Gasteiger partial charge in [-0.05, 0) is 42.3 Å². The maximum atomic E-state index is 12.9. The summed E-state index contributed by atoms with van der Waals surface area (Å²) in [5.41, 5.74) is 0.286. The van der Waals surface area contributed by atoms with E-state index in [0.717, 1.165) is 17.7 Å². The Morgan fingerprint density at radius 3 is 2.52 bits per heavy atom. The number of carbonyl (C=O) groups is 2. The average Bonchev–Trinajstić information content (AvgIpc) is 2.64. The van der Waals surface area contributed by atoms with Gasteiger partial charge in [-0.2, -0.15) is 13.2 Å². The van der Waals surface area contributed by atoms with Gasteiger partial charge < -0.3 is 15.0 Å². The molecule has 142 valence electrons. The number of alkyl halides is 3. The van der Waals surface area contributed by atoms with Crippen molar-refractivity contribution in [1.82, 2.24) is 0 Å². The van der Waals surface area contributed by atoms with Gasteiger partial charge in [0.1, 0.15) is 12.3 Å². The van der Waals surface area contributed by atoms with Crippen LogP contribution in [0.4, 0.5) is 24.5 Å². The molecule has 2 aromatic carbocycles. The lowest BCUT2D eigenvalue weighted by Crippen LogP contribution is -2.42. The van der Waals surface area contributed by atoms with Gasteiger partial charge in [-0.25, -0.2) is 0 Å². The summed E-state index contributed by atoms with van der Waals surface area (Å²) < 4.78 is 43.7. The number of benzene rings is 2. The number of aryl methyl sites for hydroxylation is 1. The number of hydrogen-bond donors (Lipinski definition) is 1. The van der Waals surface area contributed by atoms with E-state index in [1.54, 1.807) is 19.2 Å². The predicted molar refractivity (Wildman–Crippen MR) is 93.7 cm³/mol. The molecule has 0 bridgehead atoms. The molecule has 0 atom stereocenters.